The zero-order valence-electron chi connectivity index (χ0n) is 9.29. The minimum Gasteiger partial charge on any atom is -0.464 e. The molecule has 0 aliphatic carbocycles. The SMILES string of the molecule is C=CC(=O)OC(CC)[SiH2]C(C)COC. The lowest BCUT2D eigenvalue weighted by Gasteiger charge is -2.18. The second-order valence-corrected chi connectivity index (χ2v) is 6.24. The number of carbonyl (C=O) groups is 1. The van der Waals surface area contributed by atoms with E-state index in [4.69, 9.17) is 9.47 Å². The van der Waals surface area contributed by atoms with Gasteiger partial charge in [-0.2, -0.15) is 0 Å². The summed E-state index contributed by atoms with van der Waals surface area (Å²) in [7, 11) is 1.27. The van der Waals surface area contributed by atoms with E-state index in [1.54, 1.807) is 7.11 Å². The molecule has 0 spiro atoms. The molecule has 0 N–H and O–H groups in total. The largest absolute Gasteiger partial charge is 0.464 e. The molecule has 0 rings (SSSR count). The Kier molecular flexibility index (Phi) is 7.42. The highest BCUT2D eigenvalue weighted by molar-refractivity contribution is 6.39. The topological polar surface area (TPSA) is 35.5 Å². The van der Waals surface area contributed by atoms with E-state index < -0.39 is 9.52 Å². The van der Waals surface area contributed by atoms with Gasteiger partial charge in [0.05, 0.1) is 15.2 Å². The Bertz CT molecular complexity index is 182. The quantitative estimate of drug-likeness (QED) is 0.363. The lowest BCUT2D eigenvalue weighted by atomic mass is 10.5. The molecular weight excluding hydrogens is 196 g/mol. The number of rotatable bonds is 7. The van der Waals surface area contributed by atoms with Gasteiger partial charge >= 0.3 is 5.97 Å². The predicted molar refractivity (Wildman–Crippen MR) is 60.2 cm³/mol. The zero-order chi connectivity index (χ0) is 11.0. The van der Waals surface area contributed by atoms with Crippen LogP contribution in [0.15, 0.2) is 12.7 Å². The number of ether oxygens (including phenoxy) is 2. The molecular formula is C10H20O3Si. The van der Waals surface area contributed by atoms with E-state index in [9.17, 15) is 4.79 Å². The number of hydrogen-bond donors (Lipinski definition) is 0. The lowest BCUT2D eigenvalue weighted by Crippen LogP contribution is -2.26. The Balaban J connectivity index is 3.89. The molecule has 0 aliphatic heterocycles. The average Bonchev–Trinajstić information content (AvgIpc) is 2.16. The Morgan fingerprint density at radius 3 is 2.71 bits per heavy atom. The first-order chi connectivity index (χ1) is 6.63. The number of hydrogen-bond acceptors (Lipinski definition) is 3. The highest BCUT2D eigenvalue weighted by Crippen LogP contribution is 2.08. The van der Waals surface area contributed by atoms with Gasteiger partial charge < -0.3 is 9.47 Å². The third kappa shape index (κ3) is 5.94. The minimum absolute atomic E-state index is 0.116. The van der Waals surface area contributed by atoms with Crippen LogP contribution in [0.4, 0.5) is 0 Å². The highest BCUT2D eigenvalue weighted by Gasteiger charge is 2.15. The van der Waals surface area contributed by atoms with Gasteiger partial charge in [-0.15, -0.1) is 0 Å². The van der Waals surface area contributed by atoms with Gasteiger partial charge in [0.2, 0.25) is 0 Å². The van der Waals surface area contributed by atoms with Crippen molar-refractivity contribution in [2.24, 2.45) is 0 Å². The molecule has 0 bridgehead atoms. The summed E-state index contributed by atoms with van der Waals surface area (Å²) in [6, 6.07) is 0. The van der Waals surface area contributed by atoms with E-state index in [0.29, 0.717) is 5.54 Å². The van der Waals surface area contributed by atoms with Crippen LogP contribution in [0.1, 0.15) is 20.3 Å². The van der Waals surface area contributed by atoms with Crippen LogP contribution in [0.2, 0.25) is 5.54 Å². The molecule has 0 aliphatic rings. The highest BCUT2D eigenvalue weighted by atomic mass is 28.2. The monoisotopic (exact) mass is 216 g/mol. The molecule has 0 fully saturated rings. The summed E-state index contributed by atoms with van der Waals surface area (Å²) in [6.07, 6.45) is 2.11. The fourth-order valence-electron chi connectivity index (χ4n) is 1.31. The molecule has 0 saturated heterocycles. The van der Waals surface area contributed by atoms with Gasteiger partial charge in [-0.3, -0.25) is 0 Å². The van der Waals surface area contributed by atoms with Gasteiger partial charge in [0.1, 0.15) is 0 Å². The molecule has 0 amide bonds. The molecule has 0 radical (unpaired) electrons. The lowest BCUT2D eigenvalue weighted by molar-refractivity contribution is -0.139. The Labute approximate surface area is 88.3 Å². The van der Waals surface area contributed by atoms with Gasteiger partial charge in [-0.25, -0.2) is 4.79 Å². The molecule has 2 unspecified atom stereocenters. The summed E-state index contributed by atoms with van der Waals surface area (Å²) in [5.74, 6) is -0.311. The molecule has 0 aromatic heterocycles. The molecule has 0 aromatic carbocycles. The van der Waals surface area contributed by atoms with E-state index in [1.807, 2.05) is 6.92 Å². The van der Waals surface area contributed by atoms with Gasteiger partial charge in [-0.1, -0.05) is 20.4 Å². The third-order valence-corrected chi connectivity index (χ3v) is 4.33. The Morgan fingerprint density at radius 2 is 2.29 bits per heavy atom. The van der Waals surface area contributed by atoms with Crippen molar-refractivity contribution in [3.05, 3.63) is 12.7 Å². The van der Waals surface area contributed by atoms with Crippen LogP contribution in [0.25, 0.3) is 0 Å². The molecule has 2 atom stereocenters. The van der Waals surface area contributed by atoms with Crippen molar-refractivity contribution in [1.29, 1.82) is 0 Å². The number of carbonyl (C=O) groups excluding carboxylic acids is 1. The van der Waals surface area contributed by atoms with Crippen molar-refractivity contribution < 1.29 is 14.3 Å². The van der Waals surface area contributed by atoms with Gasteiger partial charge in [0.25, 0.3) is 0 Å². The molecule has 3 nitrogen and oxygen atoms in total. The summed E-state index contributed by atoms with van der Waals surface area (Å²) in [5.41, 5.74) is 0.660. The van der Waals surface area contributed by atoms with E-state index in [-0.39, 0.29) is 11.7 Å². The molecule has 0 aromatic rings. The first-order valence-electron chi connectivity index (χ1n) is 4.96. The summed E-state index contributed by atoms with van der Waals surface area (Å²) in [4.78, 5) is 11.0. The van der Waals surface area contributed by atoms with Crippen molar-refractivity contribution in [1.82, 2.24) is 0 Å². The molecule has 0 heterocycles. The molecule has 14 heavy (non-hydrogen) atoms. The third-order valence-electron chi connectivity index (χ3n) is 2.02. The van der Waals surface area contributed by atoms with E-state index in [2.05, 4.69) is 13.5 Å². The maximum Gasteiger partial charge on any atom is 0.330 e. The van der Waals surface area contributed by atoms with Crippen LogP contribution in [0.5, 0.6) is 0 Å². The second-order valence-electron chi connectivity index (χ2n) is 3.47. The van der Waals surface area contributed by atoms with Crippen LogP contribution in [-0.4, -0.2) is 34.9 Å². The maximum atomic E-state index is 11.0. The van der Waals surface area contributed by atoms with E-state index in [0.717, 1.165) is 13.0 Å². The summed E-state index contributed by atoms with van der Waals surface area (Å²) < 4.78 is 10.3. The summed E-state index contributed by atoms with van der Waals surface area (Å²) >= 11 is 0. The molecule has 82 valence electrons. The minimum atomic E-state index is -0.429. The van der Waals surface area contributed by atoms with Crippen LogP contribution in [-0.2, 0) is 14.3 Å². The first kappa shape index (κ1) is 13.4. The Morgan fingerprint density at radius 1 is 1.64 bits per heavy atom. The van der Waals surface area contributed by atoms with Crippen molar-refractivity contribution in [2.45, 2.75) is 31.5 Å². The summed E-state index contributed by atoms with van der Waals surface area (Å²) in [6.45, 7) is 8.31. The van der Waals surface area contributed by atoms with Crippen LogP contribution in [0, 0.1) is 0 Å². The zero-order valence-corrected chi connectivity index (χ0v) is 10.7. The van der Waals surface area contributed by atoms with Crippen LogP contribution >= 0.6 is 0 Å². The molecule has 0 saturated carbocycles. The van der Waals surface area contributed by atoms with Crippen molar-refractivity contribution >= 4 is 15.5 Å². The van der Waals surface area contributed by atoms with E-state index in [1.165, 1.54) is 6.08 Å². The standard InChI is InChI=1S/C10H20O3Si/c1-5-9(11)13-10(6-2)14-8(3)7-12-4/h5,8,10H,1,6-7,14H2,2-4H3. The second kappa shape index (κ2) is 7.76. The molecule has 4 heteroatoms. The van der Waals surface area contributed by atoms with Crippen molar-refractivity contribution in [2.75, 3.05) is 13.7 Å². The average molecular weight is 216 g/mol. The number of esters is 1. The van der Waals surface area contributed by atoms with Crippen molar-refractivity contribution in [3.63, 3.8) is 0 Å². The maximum absolute atomic E-state index is 11.0. The smallest absolute Gasteiger partial charge is 0.330 e. The normalized spacial score (nSPS) is 15.4. The van der Waals surface area contributed by atoms with Gasteiger partial charge in [0, 0.05) is 19.8 Å². The van der Waals surface area contributed by atoms with Gasteiger partial charge in [0.15, 0.2) is 0 Å². The fraction of sp³-hybridized carbons (Fsp3) is 0.700. The number of methoxy groups -OCH3 is 1. The van der Waals surface area contributed by atoms with Crippen LogP contribution < -0.4 is 0 Å². The van der Waals surface area contributed by atoms with Gasteiger partial charge in [-0.05, 0) is 12.0 Å². The van der Waals surface area contributed by atoms with Crippen LogP contribution in [0.3, 0.4) is 0 Å². The van der Waals surface area contributed by atoms with E-state index >= 15 is 0 Å². The summed E-state index contributed by atoms with van der Waals surface area (Å²) in [5, 5.41) is 0. The fourth-order valence-corrected chi connectivity index (χ4v) is 3.18. The predicted octanol–water partition coefficient (Wildman–Crippen LogP) is 1.08. The van der Waals surface area contributed by atoms with Crippen molar-refractivity contribution in [3.8, 4) is 0 Å². The Hall–Kier alpha value is -0.613. The first-order valence-corrected chi connectivity index (χ1v) is 6.59.